The molecule has 90 valence electrons. The lowest BCUT2D eigenvalue weighted by Gasteiger charge is -2.16. The number of aliphatic hydroxyl groups excluding tert-OH is 1. The number of methoxy groups -OCH3 is 2. The van der Waals surface area contributed by atoms with Crippen LogP contribution in [0.2, 0.25) is 0 Å². The van der Waals surface area contributed by atoms with Gasteiger partial charge in [-0.15, -0.1) is 0 Å². The van der Waals surface area contributed by atoms with Gasteiger partial charge in [-0.2, -0.15) is 0 Å². The lowest BCUT2D eigenvalue weighted by Crippen LogP contribution is -2.06. The Hall–Kier alpha value is -1.46. The zero-order chi connectivity index (χ0) is 12.1. The van der Waals surface area contributed by atoms with Crippen molar-refractivity contribution in [1.82, 2.24) is 0 Å². The van der Waals surface area contributed by atoms with Gasteiger partial charge in [0, 0.05) is 18.7 Å². The zero-order valence-electron chi connectivity index (χ0n) is 9.74. The van der Waals surface area contributed by atoms with Gasteiger partial charge in [-0.3, -0.25) is 0 Å². The van der Waals surface area contributed by atoms with Crippen molar-refractivity contribution in [3.05, 3.63) is 17.2 Å². The number of nitrogen functional groups attached to an aromatic ring is 1. The molecular weight excluding hydrogens is 210 g/mol. The van der Waals surface area contributed by atoms with Crippen LogP contribution >= 0.6 is 0 Å². The van der Waals surface area contributed by atoms with Crippen molar-refractivity contribution in [3.63, 3.8) is 0 Å². The molecule has 0 heterocycles. The second-order valence-electron chi connectivity index (χ2n) is 3.30. The lowest BCUT2D eigenvalue weighted by molar-refractivity contribution is 0.0503. The Kier molecular flexibility index (Phi) is 4.39. The van der Waals surface area contributed by atoms with Crippen molar-refractivity contribution in [1.29, 1.82) is 0 Å². The van der Waals surface area contributed by atoms with Crippen LogP contribution in [0.25, 0.3) is 0 Å². The van der Waals surface area contributed by atoms with Crippen molar-refractivity contribution in [3.8, 4) is 11.5 Å². The van der Waals surface area contributed by atoms with Crippen molar-refractivity contribution in [2.75, 3.05) is 26.7 Å². The first-order valence-corrected chi connectivity index (χ1v) is 4.84. The van der Waals surface area contributed by atoms with E-state index in [-0.39, 0.29) is 13.4 Å². The van der Waals surface area contributed by atoms with Crippen molar-refractivity contribution in [2.24, 2.45) is 0 Å². The van der Waals surface area contributed by atoms with Crippen LogP contribution in [-0.2, 0) is 11.3 Å². The summed E-state index contributed by atoms with van der Waals surface area (Å²) >= 11 is 0. The number of hydrogen-bond donors (Lipinski definition) is 2. The average molecular weight is 227 g/mol. The van der Waals surface area contributed by atoms with E-state index in [0.29, 0.717) is 22.7 Å². The molecule has 0 aliphatic rings. The van der Waals surface area contributed by atoms with Crippen molar-refractivity contribution < 1.29 is 19.3 Å². The highest BCUT2D eigenvalue weighted by Crippen LogP contribution is 2.35. The third kappa shape index (κ3) is 2.37. The molecule has 1 aromatic carbocycles. The summed E-state index contributed by atoms with van der Waals surface area (Å²) in [5, 5.41) is 9.25. The predicted molar refractivity (Wildman–Crippen MR) is 60.6 cm³/mol. The van der Waals surface area contributed by atoms with E-state index in [1.807, 2.05) is 6.92 Å². The van der Waals surface area contributed by atoms with Crippen LogP contribution in [0, 0.1) is 6.92 Å². The van der Waals surface area contributed by atoms with Crippen LogP contribution in [0.1, 0.15) is 11.1 Å². The monoisotopic (exact) mass is 227 g/mol. The number of nitrogens with two attached hydrogens (primary N) is 1. The average Bonchev–Trinajstić information content (AvgIpc) is 2.29. The second kappa shape index (κ2) is 5.58. The third-order valence-electron chi connectivity index (χ3n) is 2.39. The number of anilines is 1. The van der Waals surface area contributed by atoms with E-state index in [0.717, 1.165) is 5.56 Å². The largest absolute Gasteiger partial charge is 0.494 e. The van der Waals surface area contributed by atoms with Gasteiger partial charge in [0.25, 0.3) is 0 Å². The lowest BCUT2D eigenvalue weighted by atomic mass is 10.1. The van der Waals surface area contributed by atoms with Crippen LogP contribution < -0.4 is 15.2 Å². The fraction of sp³-hybridized carbons (Fsp3) is 0.455. The Labute approximate surface area is 94.7 Å². The van der Waals surface area contributed by atoms with E-state index < -0.39 is 0 Å². The van der Waals surface area contributed by atoms with Crippen LogP contribution in [0.4, 0.5) is 5.69 Å². The Morgan fingerprint density at radius 3 is 2.50 bits per heavy atom. The minimum atomic E-state index is -0.155. The smallest absolute Gasteiger partial charge is 0.188 e. The van der Waals surface area contributed by atoms with Gasteiger partial charge in [-0.05, 0) is 12.5 Å². The van der Waals surface area contributed by atoms with Crippen molar-refractivity contribution >= 4 is 5.69 Å². The first-order chi connectivity index (χ1) is 7.65. The minimum Gasteiger partial charge on any atom is -0.494 e. The SMILES string of the molecule is COCOc1cc(OC)c(N)c(CO)c1C. The van der Waals surface area contributed by atoms with Crippen LogP contribution in [-0.4, -0.2) is 26.1 Å². The Balaban J connectivity index is 3.18. The van der Waals surface area contributed by atoms with Gasteiger partial charge in [-0.25, -0.2) is 0 Å². The molecule has 0 aliphatic carbocycles. The topological polar surface area (TPSA) is 73.9 Å². The maximum Gasteiger partial charge on any atom is 0.188 e. The van der Waals surface area contributed by atoms with Crippen LogP contribution in [0.3, 0.4) is 0 Å². The van der Waals surface area contributed by atoms with Crippen LogP contribution in [0.15, 0.2) is 6.07 Å². The molecule has 3 N–H and O–H groups in total. The fourth-order valence-electron chi connectivity index (χ4n) is 1.45. The summed E-state index contributed by atoms with van der Waals surface area (Å²) in [5.41, 5.74) is 7.67. The molecule has 0 amide bonds. The van der Waals surface area contributed by atoms with E-state index >= 15 is 0 Å². The number of benzene rings is 1. The standard InChI is InChI=1S/C11H17NO4/c1-7-8(5-13)11(12)10(15-3)4-9(7)16-6-14-2/h4,13H,5-6,12H2,1-3H3. The molecule has 0 aromatic heterocycles. The normalized spacial score (nSPS) is 10.2. The summed E-state index contributed by atoms with van der Waals surface area (Å²) in [6.45, 7) is 1.81. The molecule has 1 rings (SSSR count). The molecule has 0 spiro atoms. The molecular formula is C11H17NO4. The molecule has 5 nitrogen and oxygen atoms in total. The molecule has 0 bridgehead atoms. The van der Waals surface area contributed by atoms with Gasteiger partial charge in [0.05, 0.1) is 19.4 Å². The molecule has 0 saturated heterocycles. The quantitative estimate of drug-likeness (QED) is 0.581. The van der Waals surface area contributed by atoms with E-state index in [9.17, 15) is 5.11 Å². The minimum absolute atomic E-state index is 0.138. The molecule has 0 radical (unpaired) electrons. The summed E-state index contributed by atoms with van der Waals surface area (Å²) in [7, 11) is 3.05. The maximum atomic E-state index is 9.25. The van der Waals surface area contributed by atoms with E-state index in [4.69, 9.17) is 19.9 Å². The summed E-state index contributed by atoms with van der Waals surface area (Å²) in [5.74, 6) is 1.08. The third-order valence-corrected chi connectivity index (χ3v) is 2.39. The molecule has 0 saturated carbocycles. The highest BCUT2D eigenvalue weighted by atomic mass is 16.7. The summed E-state index contributed by atoms with van der Waals surface area (Å²) in [6.07, 6.45) is 0. The predicted octanol–water partition coefficient (Wildman–Crippen LogP) is 1.06. The molecule has 0 fully saturated rings. The highest BCUT2D eigenvalue weighted by Gasteiger charge is 2.14. The second-order valence-corrected chi connectivity index (χ2v) is 3.30. The zero-order valence-corrected chi connectivity index (χ0v) is 9.74. The van der Waals surface area contributed by atoms with Gasteiger partial charge in [0.2, 0.25) is 0 Å². The van der Waals surface area contributed by atoms with Gasteiger partial charge in [0.15, 0.2) is 6.79 Å². The van der Waals surface area contributed by atoms with Crippen molar-refractivity contribution in [2.45, 2.75) is 13.5 Å². The van der Waals surface area contributed by atoms with Gasteiger partial charge in [0.1, 0.15) is 11.5 Å². The Morgan fingerprint density at radius 2 is 2.00 bits per heavy atom. The van der Waals surface area contributed by atoms with Gasteiger partial charge in [-0.1, -0.05) is 0 Å². The molecule has 1 aromatic rings. The van der Waals surface area contributed by atoms with Crippen LogP contribution in [0.5, 0.6) is 11.5 Å². The van der Waals surface area contributed by atoms with Gasteiger partial charge < -0.3 is 25.1 Å². The fourth-order valence-corrected chi connectivity index (χ4v) is 1.45. The number of aliphatic hydroxyl groups is 1. The molecule has 0 unspecified atom stereocenters. The number of ether oxygens (including phenoxy) is 3. The van der Waals surface area contributed by atoms with E-state index in [2.05, 4.69) is 0 Å². The number of hydrogen-bond acceptors (Lipinski definition) is 5. The van der Waals surface area contributed by atoms with E-state index in [1.54, 1.807) is 6.07 Å². The van der Waals surface area contributed by atoms with E-state index in [1.165, 1.54) is 14.2 Å². The first-order valence-electron chi connectivity index (χ1n) is 4.84. The highest BCUT2D eigenvalue weighted by molar-refractivity contribution is 5.65. The molecule has 16 heavy (non-hydrogen) atoms. The molecule has 0 aliphatic heterocycles. The maximum absolute atomic E-state index is 9.25. The van der Waals surface area contributed by atoms with Gasteiger partial charge >= 0.3 is 0 Å². The Bertz CT molecular complexity index is 365. The molecule has 0 atom stereocenters. The summed E-state index contributed by atoms with van der Waals surface area (Å²) in [6, 6.07) is 1.68. The first kappa shape index (κ1) is 12.6. The summed E-state index contributed by atoms with van der Waals surface area (Å²) < 4.78 is 15.3. The number of rotatable bonds is 5. The molecule has 5 heteroatoms. The summed E-state index contributed by atoms with van der Waals surface area (Å²) in [4.78, 5) is 0. The Morgan fingerprint density at radius 1 is 1.31 bits per heavy atom.